The van der Waals surface area contributed by atoms with Crippen molar-refractivity contribution in [3.8, 4) is 11.5 Å². The number of benzene rings is 2. The van der Waals surface area contributed by atoms with Crippen LogP contribution in [-0.2, 0) is 6.42 Å². The third-order valence-electron chi connectivity index (χ3n) is 4.80. The zero-order chi connectivity index (χ0) is 19.5. The highest BCUT2D eigenvalue weighted by Crippen LogP contribution is 2.36. The maximum atomic E-state index is 12.4. The highest BCUT2D eigenvalue weighted by atomic mass is 16.7. The molecule has 6 heteroatoms. The Morgan fingerprint density at radius 1 is 1.07 bits per heavy atom. The summed E-state index contributed by atoms with van der Waals surface area (Å²) in [7, 11) is 0. The highest BCUT2D eigenvalue weighted by molar-refractivity contribution is 6.02. The van der Waals surface area contributed by atoms with E-state index in [9.17, 15) is 4.79 Å². The summed E-state index contributed by atoms with van der Waals surface area (Å²) in [5, 5.41) is 2.82. The summed E-state index contributed by atoms with van der Waals surface area (Å²) in [6, 6.07) is 18.5. The summed E-state index contributed by atoms with van der Waals surface area (Å²) in [5.41, 5.74) is 8.01. The molecule has 1 aromatic heterocycles. The molecule has 1 aliphatic heterocycles. The zero-order valence-corrected chi connectivity index (χ0v) is 15.6. The van der Waals surface area contributed by atoms with E-state index in [4.69, 9.17) is 19.6 Å². The number of nitrogens with two attached hydrogens (primary N) is 1. The van der Waals surface area contributed by atoms with Crippen LogP contribution in [0.4, 0.5) is 5.69 Å². The van der Waals surface area contributed by atoms with Gasteiger partial charge < -0.3 is 24.9 Å². The van der Waals surface area contributed by atoms with Gasteiger partial charge in [-0.05, 0) is 48.9 Å². The van der Waals surface area contributed by atoms with Crippen LogP contribution in [0.5, 0.6) is 11.5 Å². The van der Waals surface area contributed by atoms with Gasteiger partial charge in [-0.1, -0.05) is 24.3 Å². The van der Waals surface area contributed by atoms with Crippen LogP contribution in [0.15, 0.2) is 65.1 Å². The van der Waals surface area contributed by atoms with Gasteiger partial charge in [0, 0.05) is 24.1 Å². The third kappa shape index (κ3) is 3.87. The Morgan fingerprint density at radius 2 is 1.86 bits per heavy atom. The number of anilines is 1. The predicted octanol–water partition coefficient (Wildman–Crippen LogP) is 3.93. The number of rotatable bonds is 6. The van der Waals surface area contributed by atoms with E-state index >= 15 is 0 Å². The number of amides is 1. The minimum absolute atomic E-state index is 0.0192. The quantitative estimate of drug-likeness (QED) is 0.679. The maximum absolute atomic E-state index is 12.4. The number of ether oxygens (including phenoxy) is 2. The lowest BCUT2D eigenvalue weighted by Crippen LogP contribution is -2.26. The minimum Gasteiger partial charge on any atom is -0.456 e. The summed E-state index contributed by atoms with van der Waals surface area (Å²) in [6.07, 6.45) is 0.579. The van der Waals surface area contributed by atoms with Gasteiger partial charge >= 0.3 is 0 Å². The van der Waals surface area contributed by atoms with Crippen LogP contribution < -0.4 is 20.5 Å². The molecule has 2 aromatic carbocycles. The summed E-state index contributed by atoms with van der Waals surface area (Å²) in [4.78, 5) is 12.4. The molecule has 0 fully saturated rings. The molecule has 0 spiro atoms. The highest BCUT2D eigenvalue weighted by Gasteiger charge is 2.23. The lowest BCUT2D eigenvalue weighted by atomic mass is 9.89. The van der Waals surface area contributed by atoms with Crippen molar-refractivity contribution >= 4 is 11.6 Å². The average molecular weight is 378 g/mol. The van der Waals surface area contributed by atoms with Crippen molar-refractivity contribution in [2.75, 3.05) is 12.1 Å². The molecular weight excluding hydrogens is 356 g/mol. The van der Waals surface area contributed by atoms with Crippen LogP contribution in [0.1, 0.15) is 34.7 Å². The Hall–Kier alpha value is -3.25. The molecular formula is C22H22N2O4. The number of para-hydroxylation sites is 1. The Labute approximate surface area is 163 Å². The number of fused-ring (bicyclic) bond motifs is 1. The number of carbonyl (C=O) groups is 1. The topological polar surface area (TPSA) is 86.7 Å². The molecule has 28 heavy (non-hydrogen) atoms. The molecule has 6 nitrogen and oxygen atoms in total. The van der Waals surface area contributed by atoms with Gasteiger partial charge in [-0.3, -0.25) is 4.79 Å². The summed E-state index contributed by atoms with van der Waals surface area (Å²) >= 11 is 0. The molecule has 0 aliphatic carbocycles. The molecule has 0 saturated heterocycles. The van der Waals surface area contributed by atoms with Gasteiger partial charge in [-0.2, -0.15) is 0 Å². The number of hydrogen-bond donors (Lipinski definition) is 2. The minimum atomic E-state index is -0.280. The summed E-state index contributed by atoms with van der Waals surface area (Å²) in [5.74, 6) is 2.19. The van der Waals surface area contributed by atoms with Crippen molar-refractivity contribution in [1.82, 2.24) is 0 Å². The number of furan rings is 1. The lowest BCUT2D eigenvalue weighted by Gasteiger charge is -2.20. The van der Waals surface area contributed by atoms with E-state index in [1.165, 1.54) is 0 Å². The van der Waals surface area contributed by atoms with E-state index in [0.717, 1.165) is 22.7 Å². The fourth-order valence-electron chi connectivity index (χ4n) is 3.29. The van der Waals surface area contributed by atoms with Gasteiger partial charge in [0.05, 0.1) is 0 Å². The first kappa shape index (κ1) is 18.1. The lowest BCUT2D eigenvalue weighted by molar-refractivity contribution is 0.0994. The first-order chi connectivity index (χ1) is 13.6. The average Bonchev–Trinajstić information content (AvgIpc) is 3.35. The van der Waals surface area contributed by atoms with E-state index < -0.39 is 0 Å². The van der Waals surface area contributed by atoms with Gasteiger partial charge in [-0.15, -0.1) is 0 Å². The Balaban J connectivity index is 1.49. The molecule has 144 valence electrons. The van der Waals surface area contributed by atoms with E-state index in [1.54, 1.807) is 6.07 Å². The number of nitrogens with one attached hydrogen (secondary N) is 1. The summed E-state index contributed by atoms with van der Waals surface area (Å²) in [6.45, 7) is 2.20. The van der Waals surface area contributed by atoms with Crippen LogP contribution in [-0.4, -0.2) is 18.7 Å². The second kappa shape index (κ2) is 7.78. The van der Waals surface area contributed by atoms with Crippen LogP contribution in [0.2, 0.25) is 0 Å². The molecule has 0 bridgehead atoms. The molecule has 2 unspecified atom stereocenters. The first-order valence-corrected chi connectivity index (χ1v) is 9.20. The molecule has 1 aliphatic rings. The molecule has 0 radical (unpaired) electrons. The fourth-order valence-corrected chi connectivity index (χ4v) is 3.29. The molecule has 0 saturated carbocycles. The van der Waals surface area contributed by atoms with Crippen molar-refractivity contribution in [3.05, 3.63) is 77.7 Å². The van der Waals surface area contributed by atoms with Crippen LogP contribution >= 0.6 is 0 Å². The smallest absolute Gasteiger partial charge is 0.291 e. The first-order valence-electron chi connectivity index (χ1n) is 9.20. The second-order valence-electron chi connectivity index (χ2n) is 6.87. The van der Waals surface area contributed by atoms with E-state index in [1.807, 2.05) is 61.5 Å². The van der Waals surface area contributed by atoms with Crippen molar-refractivity contribution in [2.45, 2.75) is 25.3 Å². The molecule has 1 amide bonds. The van der Waals surface area contributed by atoms with Crippen molar-refractivity contribution in [2.24, 2.45) is 5.73 Å². The largest absolute Gasteiger partial charge is 0.456 e. The van der Waals surface area contributed by atoms with E-state index in [-0.39, 0.29) is 30.4 Å². The van der Waals surface area contributed by atoms with Crippen LogP contribution in [0.25, 0.3) is 0 Å². The molecule has 2 atom stereocenters. The van der Waals surface area contributed by atoms with Gasteiger partial charge in [0.1, 0.15) is 5.76 Å². The molecule has 3 N–H and O–H groups in total. The predicted molar refractivity (Wildman–Crippen MR) is 106 cm³/mol. The van der Waals surface area contributed by atoms with Gasteiger partial charge in [0.15, 0.2) is 17.3 Å². The molecule has 4 rings (SSSR count). The Morgan fingerprint density at radius 3 is 2.64 bits per heavy atom. The van der Waals surface area contributed by atoms with E-state index in [2.05, 4.69) is 5.32 Å². The number of hydrogen-bond acceptors (Lipinski definition) is 5. The normalized spacial score (nSPS) is 14.5. The number of carbonyl (C=O) groups excluding carboxylic acids is 1. The van der Waals surface area contributed by atoms with Crippen LogP contribution in [0.3, 0.4) is 0 Å². The van der Waals surface area contributed by atoms with Crippen molar-refractivity contribution in [1.29, 1.82) is 0 Å². The molecule has 3 aromatic rings. The maximum Gasteiger partial charge on any atom is 0.291 e. The Bertz CT molecular complexity index is 966. The van der Waals surface area contributed by atoms with Crippen molar-refractivity contribution in [3.63, 3.8) is 0 Å². The SMILES string of the molecule is CC(N)C(Cc1ccc(C(=O)Nc2ccccc2)o1)c1ccc2c(c1)OCO2. The third-order valence-corrected chi connectivity index (χ3v) is 4.80. The monoisotopic (exact) mass is 378 g/mol. The molecule has 2 heterocycles. The van der Waals surface area contributed by atoms with E-state index in [0.29, 0.717) is 12.2 Å². The van der Waals surface area contributed by atoms with Gasteiger partial charge in [0.2, 0.25) is 6.79 Å². The summed E-state index contributed by atoms with van der Waals surface area (Å²) < 4.78 is 16.6. The van der Waals surface area contributed by atoms with Gasteiger partial charge in [0.25, 0.3) is 5.91 Å². The van der Waals surface area contributed by atoms with Gasteiger partial charge in [-0.25, -0.2) is 0 Å². The van der Waals surface area contributed by atoms with Crippen molar-refractivity contribution < 1.29 is 18.7 Å². The Kier molecular flexibility index (Phi) is 5.04. The zero-order valence-electron chi connectivity index (χ0n) is 15.6. The van der Waals surface area contributed by atoms with Crippen LogP contribution in [0, 0.1) is 0 Å². The standard InChI is InChI=1S/C22H22N2O4/c1-14(23)18(15-7-9-19-21(11-15)27-13-26-19)12-17-8-10-20(28-17)22(25)24-16-5-3-2-4-6-16/h2-11,14,18H,12-13,23H2,1H3,(H,24,25). The second-order valence-corrected chi connectivity index (χ2v) is 6.87. The fraction of sp³-hybridized carbons (Fsp3) is 0.227.